The van der Waals surface area contributed by atoms with Crippen molar-refractivity contribution in [1.82, 2.24) is 4.90 Å². The number of carbonyl (C=O) groups excluding carboxylic acids is 1. The summed E-state index contributed by atoms with van der Waals surface area (Å²) in [5.41, 5.74) is 6.97. The van der Waals surface area contributed by atoms with Crippen LogP contribution in [0.15, 0.2) is 30.3 Å². The molecule has 0 saturated carbocycles. The van der Waals surface area contributed by atoms with Gasteiger partial charge in [0.05, 0.1) is 0 Å². The maximum atomic E-state index is 12.5. The van der Waals surface area contributed by atoms with Crippen molar-refractivity contribution >= 4 is 5.91 Å². The fourth-order valence-electron chi connectivity index (χ4n) is 2.14. The molecule has 0 aromatic heterocycles. The van der Waals surface area contributed by atoms with Crippen molar-refractivity contribution in [1.29, 1.82) is 0 Å². The molecular weight excluding hydrogens is 236 g/mol. The highest BCUT2D eigenvalue weighted by molar-refractivity contribution is 5.83. The van der Waals surface area contributed by atoms with Gasteiger partial charge in [-0.15, -0.1) is 0 Å². The lowest BCUT2D eigenvalue weighted by molar-refractivity contribution is -0.134. The lowest BCUT2D eigenvalue weighted by Gasteiger charge is -2.29. The smallest absolute Gasteiger partial charge is 0.244 e. The summed E-state index contributed by atoms with van der Waals surface area (Å²) in [7, 11) is 0. The summed E-state index contributed by atoms with van der Waals surface area (Å²) in [6, 6.07) is 9.23. The molecule has 3 nitrogen and oxygen atoms in total. The Morgan fingerprint density at radius 3 is 2.37 bits per heavy atom. The van der Waals surface area contributed by atoms with Crippen LogP contribution in [0, 0.1) is 0 Å². The molecular formula is C16H26N2O. The highest BCUT2D eigenvalue weighted by Gasteiger charge is 2.23. The molecule has 0 heterocycles. The highest BCUT2D eigenvalue weighted by Crippen LogP contribution is 2.15. The van der Waals surface area contributed by atoms with Gasteiger partial charge in [-0.3, -0.25) is 4.79 Å². The predicted octanol–water partition coefficient (Wildman–Crippen LogP) is 3.11. The molecule has 1 atom stereocenters. The topological polar surface area (TPSA) is 46.3 Å². The largest absolute Gasteiger partial charge is 0.339 e. The van der Waals surface area contributed by atoms with Crippen molar-refractivity contribution in [2.75, 3.05) is 6.54 Å². The van der Waals surface area contributed by atoms with Crippen LogP contribution < -0.4 is 5.73 Å². The minimum absolute atomic E-state index is 0.0253. The number of hydrogen-bond acceptors (Lipinski definition) is 2. The van der Waals surface area contributed by atoms with Crippen LogP contribution in [-0.2, 0) is 4.79 Å². The second kappa shape index (κ2) is 7.95. The normalized spacial score (nSPS) is 12.5. The maximum Gasteiger partial charge on any atom is 0.244 e. The fourth-order valence-corrected chi connectivity index (χ4v) is 2.14. The van der Waals surface area contributed by atoms with Gasteiger partial charge in [0.15, 0.2) is 0 Å². The third-order valence-corrected chi connectivity index (χ3v) is 3.33. The first-order valence-electron chi connectivity index (χ1n) is 7.19. The van der Waals surface area contributed by atoms with Gasteiger partial charge in [-0.25, -0.2) is 0 Å². The highest BCUT2D eigenvalue weighted by atomic mass is 16.2. The minimum atomic E-state index is -0.551. The maximum absolute atomic E-state index is 12.5. The van der Waals surface area contributed by atoms with Crippen LogP contribution >= 0.6 is 0 Å². The van der Waals surface area contributed by atoms with Gasteiger partial charge >= 0.3 is 0 Å². The molecule has 0 aliphatic carbocycles. The van der Waals surface area contributed by atoms with Crippen LogP contribution in [0.5, 0.6) is 0 Å². The quantitative estimate of drug-likeness (QED) is 0.767. The third-order valence-electron chi connectivity index (χ3n) is 3.33. The Kier molecular flexibility index (Phi) is 6.57. The molecule has 0 radical (unpaired) electrons. The molecule has 1 amide bonds. The Labute approximate surface area is 116 Å². The second-order valence-electron chi connectivity index (χ2n) is 5.22. The molecule has 0 saturated heterocycles. The zero-order chi connectivity index (χ0) is 14.3. The van der Waals surface area contributed by atoms with E-state index >= 15 is 0 Å². The van der Waals surface area contributed by atoms with E-state index in [2.05, 4.69) is 6.92 Å². The molecule has 19 heavy (non-hydrogen) atoms. The molecule has 3 heteroatoms. The monoisotopic (exact) mass is 262 g/mol. The Morgan fingerprint density at radius 1 is 1.21 bits per heavy atom. The van der Waals surface area contributed by atoms with Gasteiger partial charge in [-0.1, -0.05) is 50.1 Å². The van der Waals surface area contributed by atoms with E-state index in [0.29, 0.717) is 0 Å². The summed E-state index contributed by atoms with van der Waals surface area (Å²) in [5.74, 6) is 0.0253. The molecule has 0 bridgehead atoms. The average Bonchev–Trinajstić information content (AvgIpc) is 2.42. The zero-order valence-corrected chi connectivity index (χ0v) is 12.3. The summed E-state index contributed by atoms with van der Waals surface area (Å²) in [6.07, 6.45) is 3.35. The van der Waals surface area contributed by atoms with E-state index in [1.165, 1.54) is 0 Å². The van der Waals surface area contributed by atoms with Gasteiger partial charge in [0.25, 0.3) is 0 Å². The van der Waals surface area contributed by atoms with Crippen LogP contribution in [0.3, 0.4) is 0 Å². The number of nitrogens with zero attached hydrogens (tertiary/aromatic N) is 1. The third kappa shape index (κ3) is 4.67. The van der Waals surface area contributed by atoms with E-state index in [9.17, 15) is 4.79 Å². The van der Waals surface area contributed by atoms with E-state index in [4.69, 9.17) is 5.73 Å². The summed E-state index contributed by atoms with van der Waals surface area (Å²) in [5, 5.41) is 0. The van der Waals surface area contributed by atoms with Crippen LogP contribution in [0.4, 0.5) is 0 Å². The lowest BCUT2D eigenvalue weighted by Crippen LogP contribution is -2.43. The molecule has 2 N–H and O–H groups in total. The van der Waals surface area contributed by atoms with E-state index in [0.717, 1.165) is 31.4 Å². The van der Waals surface area contributed by atoms with Crippen molar-refractivity contribution in [2.24, 2.45) is 5.73 Å². The number of amides is 1. The van der Waals surface area contributed by atoms with Crippen LogP contribution in [0.2, 0.25) is 0 Å². The van der Waals surface area contributed by atoms with Crippen LogP contribution in [-0.4, -0.2) is 23.4 Å². The van der Waals surface area contributed by atoms with Gasteiger partial charge in [0.2, 0.25) is 5.91 Å². The Morgan fingerprint density at radius 2 is 1.84 bits per heavy atom. The van der Waals surface area contributed by atoms with E-state index < -0.39 is 6.04 Å². The predicted molar refractivity (Wildman–Crippen MR) is 79.7 cm³/mol. The SMILES string of the molecule is CCCCCN(C(=O)C(N)c1ccccc1)C(C)C. The Balaban J connectivity index is 2.70. The van der Waals surface area contributed by atoms with Gasteiger partial charge < -0.3 is 10.6 Å². The molecule has 0 aliphatic heterocycles. The number of nitrogens with two attached hydrogens (primary N) is 1. The van der Waals surface area contributed by atoms with Gasteiger partial charge in [0, 0.05) is 12.6 Å². The summed E-state index contributed by atoms with van der Waals surface area (Å²) >= 11 is 0. The van der Waals surface area contributed by atoms with Crippen LogP contribution in [0.25, 0.3) is 0 Å². The molecule has 0 fully saturated rings. The minimum Gasteiger partial charge on any atom is -0.339 e. The second-order valence-corrected chi connectivity index (χ2v) is 5.22. The fraction of sp³-hybridized carbons (Fsp3) is 0.562. The molecule has 1 rings (SSSR count). The number of hydrogen-bond donors (Lipinski definition) is 1. The Hall–Kier alpha value is -1.35. The van der Waals surface area contributed by atoms with Gasteiger partial charge in [0.1, 0.15) is 6.04 Å². The van der Waals surface area contributed by atoms with E-state index in [1.54, 1.807) is 0 Å². The molecule has 106 valence electrons. The first-order chi connectivity index (χ1) is 9.07. The summed E-state index contributed by atoms with van der Waals surface area (Å²) in [4.78, 5) is 14.4. The number of carbonyl (C=O) groups is 1. The van der Waals surface area contributed by atoms with Crippen molar-refractivity contribution in [3.05, 3.63) is 35.9 Å². The molecule has 0 spiro atoms. The average molecular weight is 262 g/mol. The van der Waals surface area contributed by atoms with Crippen molar-refractivity contribution in [2.45, 2.75) is 52.1 Å². The molecule has 1 aromatic carbocycles. The number of benzene rings is 1. The first-order valence-corrected chi connectivity index (χ1v) is 7.19. The Bertz CT molecular complexity index is 376. The molecule has 1 aromatic rings. The standard InChI is InChI=1S/C16H26N2O/c1-4-5-9-12-18(13(2)3)16(19)15(17)14-10-7-6-8-11-14/h6-8,10-11,13,15H,4-5,9,12,17H2,1-3H3. The van der Waals surface area contributed by atoms with Crippen molar-refractivity contribution in [3.8, 4) is 0 Å². The summed E-state index contributed by atoms with van der Waals surface area (Å²) in [6.45, 7) is 7.05. The van der Waals surface area contributed by atoms with Gasteiger partial charge in [-0.2, -0.15) is 0 Å². The summed E-state index contributed by atoms with van der Waals surface area (Å²) < 4.78 is 0. The number of rotatable bonds is 7. The number of unbranched alkanes of at least 4 members (excludes halogenated alkanes) is 2. The lowest BCUT2D eigenvalue weighted by atomic mass is 10.1. The van der Waals surface area contributed by atoms with Crippen molar-refractivity contribution < 1.29 is 4.79 Å². The van der Waals surface area contributed by atoms with E-state index in [-0.39, 0.29) is 11.9 Å². The van der Waals surface area contributed by atoms with Crippen LogP contribution in [0.1, 0.15) is 51.6 Å². The first kappa shape index (κ1) is 15.7. The van der Waals surface area contributed by atoms with E-state index in [1.807, 2.05) is 49.1 Å². The zero-order valence-electron chi connectivity index (χ0n) is 12.3. The molecule has 1 unspecified atom stereocenters. The van der Waals surface area contributed by atoms with Crippen molar-refractivity contribution in [3.63, 3.8) is 0 Å². The van der Waals surface area contributed by atoms with Gasteiger partial charge in [-0.05, 0) is 25.8 Å². The molecule has 0 aliphatic rings.